The monoisotopic (exact) mass is 624 g/mol. The number of benzene rings is 2. The lowest BCUT2D eigenvalue weighted by Crippen LogP contribution is -2.06. The van der Waals surface area contributed by atoms with Crippen LogP contribution in [-0.4, -0.2) is 65.7 Å². The number of carbonyl (C=O) groups excluding carboxylic acids is 3. The molecule has 2 aromatic carbocycles. The second-order valence-corrected chi connectivity index (χ2v) is 9.91. The van der Waals surface area contributed by atoms with Gasteiger partial charge in [-0.3, -0.25) is 0 Å². The lowest BCUT2D eigenvalue weighted by atomic mass is 10.2. The number of methoxy groups -OCH3 is 3. The van der Waals surface area contributed by atoms with Gasteiger partial charge < -0.3 is 33.2 Å². The number of ether oxygens (including phenoxy) is 7. The normalized spacial score (nSPS) is 10.8. The summed E-state index contributed by atoms with van der Waals surface area (Å²) in [5.41, 5.74) is 1.95. The van der Waals surface area contributed by atoms with Crippen LogP contribution in [0.15, 0.2) is 60.7 Å². The van der Waals surface area contributed by atoms with Gasteiger partial charge in [0.25, 0.3) is 0 Å². The van der Waals surface area contributed by atoms with E-state index in [0.717, 1.165) is 36.8 Å². The zero-order chi connectivity index (χ0) is 32.9. The van der Waals surface area contributed by atoms with E-state index in [1.807, 2.05) is 12.1 Å². The number of carbonyl (C=O) groups is 3. The summed E-state index contributed by atoms with van der Waals surface area (Å²) in [6.07, 6.45) is 10.8. The third kappa shape index (κ3) is 14.5. The van der Waals surface area contributed by atoms with Crippen molar-refractivity contribution in [2.75, 3.05) is 47.8 Å². The zero-order valence-corrected chi connectivity index (χ0v) is 26.6. The van der Waals surface area contributed by atoms with Crippen LogP contribution in [-0.2, 0) is 28.6 Å². The molecule has 244 valence electrons. The van der Waals surface area contributed by atoms with Crippen molar-refractivity contribution in [3.05, 3.63) is 71.8 Å². The fourth-order valence-corrected chi connectivity index (χ4v) is 3.85. The van der Waals surface area contributed by atoms with Gasteiger partial charge in [-0.25, -0.2) is 14.4 Å². The summed E-state index contributed by atoms with van der Waals surface area (Å²) < 4.78 is 37.5. The van der Waals surface area contributed by atoms with Crippen LogP contribution in [0.1, 0.15) is 56.6 Å². The van der Waals surface area contributed by atoms with Crippen LogP contribution in [0, 0.1) is 0 Å². The highest BCUT2D eigenvalue weighted by Gasteiger charge is 2.08. The first-order valence-corrected chi connectivity index (χ1v) is 14.8. The van der Waals surface area contributed by atoms with E-state index in [1.165, 1.54) is 19.3 Å². The molecule has 0 saturated carbocycles. The van der Waals surface area contributed by atoms with Crippen molar-refractivity contribution in [1.82, 2.24) is 0 Å². The summed E-state index contributed by atoms with van der Waals surface area (Å²) >= 11 is 0. The Morgan fingerprint density at radius 2 is 1.09 bits per heavy atom. The molecule has 0 heterocycles. The van der Waals surface area contributed by atoms with Crippen LogP contribution in [0.3, 0.4) is 0 Å². The van der Waals surface area contributed by atoms with Crippen molar-refractivity contribution in [2.24, 2.45) is 0 Å². The highest BCUT2D eigenvalue weighted by atomic mass is 16.5. The van der Waals surface area contributed by atoms with E-state index in [4.69, 9.17) is 28.4 Å². The Hall–Kier alpha value is -4.73. The summed E-state index contributed by atoms with van der Waals surface area (Å²) in [5.74, 6) is 1.08. The molecule has 2 rings (SSSR count). The fourth-order valence-electron chi connectivity index (χ4n) is 3.85. The third-order valence-corrected chi connectivity index (χ3v) is 6.32. The summed E-state index contributed by atoms with van der Waals surface area (Å²) in [4.78, 5) is 34.8. The number of esters is 3. The van der Waals surface area contributed by atoms with Gasteiger partial charge in [-0.05, 0) is 93.0 Å². The van der Waals surface area contributed by atoms with E-state index in [-0.39, 0.29) is 12.6 Å². The molecule has 0 spiro atoms. The SMILES string of the molecule is C=C(C)C(=O)OCCCCCCOc1ccc(C=CC(=O)OCCCCOc2ccc(C=CC(=O)OC)cc2OC)cc1OC. The van der Waals surface area contributed by atoms with E-state index in [0.29, 0.717) is 61.2 Å². The topological polar surface area (TPSA) is 116 Å². The largest absolute Gasteiger partial charge is 0.493 e. The first-order valence-electron chi connectivity index (χ1n) is 14.8. The van der Waals surface area contributed by atoms with Crippen molar-refractivity contribution in [3.63, 3.8) is 0 Å². The lowest BCUT2D eigenvalue weighted by Gasteiger charge is -2.11. The molecular formula is C35H44O10. The summed E-state index contributed by atoms with van der Waals surface area (Å²) in [6.45, 7) is 6.80. The Morgan fingerprint density at radius 3 is 1.60 bits per heavy atom. The molecule has 2 aromatic rings. The lowest BCUT2D eigenvalue weighted by molar-refractivity contribution is -0.139. The highest BCUT2D eigenvalue weighted by Crippen LogP contribution is 2.30. The molecule has 0 bridgehead atoms. The molecule has 0 aromatic heterocycles. The molecule has 0 unspecified atom stereocenters. The van der Waals surface area contributed by atoms with Gasteiger partial charge in [0, 0.05) is 17.7 Å². The third-order valence-electron chi connectivity index (χ3n) is 6.32. The van der Waals surface area contributed by atoms with Gasteiger partial charge in [-0.2, -0.15) is 0 Å². The molecule has 0 atom stereocenters. The first-order chi connectivity index (χ1) is 21.8. The van der Waals surface area contributed by atoms with Crippen LogP contribution in [0.4, 0.5) is 0 Å². The van der Waals surface area contributed by atoms with E-state index in [2.05, 4.69) is 11.3 Å². The highest BCUT2D eigenvalue weighted by molar-refractivity contribution is 5.88. The zero-order valence-electron chi connectivity index (χ0n) is 26.6. The molecule has 45 heavy (non-hydrogen) atoms. The van der Waals surface area contributed by atoms with Gasteiger partial charge in [-0.15, -0.1) is 0 Å². The van der Waals surface area contributed by atoms with E-state index < -0.39 is 11.9 Å². The van der Waals surface area contributed by atoms with Gasteiger partial charge in [0.2, 0.25) is 0 Å². The van der Waals surface area contributed by atoms with Crippen LogP contribution < -0.4 is 18.9 Å². The molecule has 0 aliphatic heterocycles. The minimum Gasteiger partial charge on any atom is -0.493 e. The van der Waals surface area contributed by atoms with Gasteiger partial charge in [0.15, 0.2) is 23.0 Å². The van der Waals surface area contributed by atoms with Crippen molar-refractivity contribution >= 4 is 30.1 Å². The Kier molecular flexibility index (Phi) is 17.1. The van der Waals surface area contributed by atoms with Gasteiger partial charge in [-0.1, -0.05) is 18.7 Å². The van der Waals surface area contributed by atoms with Crippen molar-refractivity contribution < 1.29 is 47.5 Å². The maximum absolute atomic E-state index is 12.2. The molecule has 0 radical (unpaired) electrons. The van der Waals surface area contributed by atoms with Crippen LogP contribution in [0.2, 0.25) is 0 Å². The first kappa shape index (κ1) is 36.5. The second-order valence-electron chi connectivity index (χ2n) is 9.91. The molecule has 10 nitrogen and oxygen atoms in total. The minimum absolute atomic E-state index is 0.261. The summed E-state index contributed by atoms with van der Waals surface area (Å²) in [7, 11) is 4.43. The Balaban J connectivity index is 1.66. The average molecular weight is 625 g/mol. The molecule has 0 N–H and O–H groups in total. The minimum atomic E-state index is -0.443. The second kappa shape index (κ2) is 21.1. The molecule has 0 saturated heterocycles. The van der Waals surface area contributed by atoms with Gasteiger partial charge in [0.05, 0.1) is 47.8 Å². The molecule has 0 fully saturated rings. The van der Waals surface area contributed by atoms with Crippen LogP contribution in [0.25, 0.3) is 12.2 Å². The molecule has 0 amide bonds. The molecular weight excluding hydrogens is 580 g/mol. The Labute approximate surface area is 265 Å². The smallest absolute Gasteiger partial charge is 0.333 e. The van der Waals surface area contributed by atoms with E-state index >= 15 is 0 Å². The van der Waals surface area contributed by atoms with Gasteiger partial charge >= 0.3 is 17.9 Å². The standard InChI is InChI=1S/C35H44O10/c1-26(2)35(38)45-23-9-7-6-8-20-42-29-17-13-28(25-32(29)40-4)15-19-34(37)44-22-11-10-21-43-30-16-12-27(24-31(30)39-3)14-18-33(36)41-5/h12-19,24-25H,1,6-11,20-23H2,2-5H3. The maximum atomic E-state index is 12.2. The molecule has 0 aliphatic rings. The number of hydrogen-bond acceptors (Lipinski definition) is 10. The Morgan fingerprint density at radius 1 is 0.622 bits per heavy atom. The van der Waals surface area contributed by atoms with Crippen LogP contribution in [0.5, 0.6) is 23.0 Å². The predicted molar refractivity (Wildman–Crippen MR) is 171 cm³/mol. The van der Waals surface area contributed by atoms with Crippen molar-refractivity contribution in [2.45, 2.75) is 45.4 Å². The van der Waals surface area contributed by atoms with Crippen LogP contribution >= 0.6 is 0 Å². The van der Waals surface area contributed by atoms with Crippen molar-refractivity contribution in [3.8, 4) is 23.0 Å². The number of hydrogen-bond donors (Lipinski definition) is 0. The number of unbranched alkanes of at least 4 members (excludes halogenated alkanes) is 4. The Bertz CT molecular complexity index is 1310. The maximum Gasteiger partial charge on any atom is 0.333 e. The summed E-state index contributed by atoms with van der Waals surface area (Å²) in [5, 5.41) is 0. The quantitative estimate of drug-likeness (QED) is 0.0672. The predicted octanol–water partition coefficient (Wildman–Crippen LogP) is 6.36. The van der Waals surface area contributed by atoms with E-state index in [9.17, 15) is 14.4 Å². The van der Waals surface area contributed by atoms with Crippen molar-refractivity contribution in [1.29, 1.82) is 0 Å². The number of rotatable bonds is 21. The molecule has 0 aliphatic carbocycles. The summed E-state index contributed by atoms with van der Waals surface area (Å²) in [6, 6.07) is 10.8. The van der Waals surface area contributed by atoms with Gasteiger partial charge in [0.1, 0.15) is 0 Å². The van der Waals surface area contributed by atoms with E-state index in [1.54, 1.807) is 57.6 Å². The average Bonchev–Trinajstić information content (AvgIpc) is 3.05. The fraction of sp³-hybridized carbons (Fsp3) is 0.400. The molecule has 10 heteroatoms.